The summed E-state index contributed by atoms with van der Waals surface area (Å²) >= 11 is 6.26. The number of nitrogens with zero attached hydrogens (tertiary/aromatic N) is 3. The Morgan fingerprint density at radius 1 is 1.30 bits per heavy atom. The molecule has 0 bridgehead atoms. The minimum Gasteiger partial charge on any atom is -0.459 e. The Labute approximate surface area is 139 Å². The van der Waals surface area contributed by atoms with Crippen LogP contribution in [0.15, 0.2) is 12.1 Å². The van der Waals surface area contributed by atoms with Crippen molar-refractivity contribution in [3.8, 4) is 0 Å². The number of nitro groups is 1. The van der Waals surface area contributed by atoms with Crippen LogP contribution in [0, 0.1) is 10.1 Å². The molecule has 0 spiro atoms. The molecular formula is C15H20ClN3O4. The quantitative estimate of drug-likeness (QED) is 0.476. The van der Waals surface area contributed by atoms with E-state index in [4.69, 9.17) is 16.3 Å². The van der Waals surface area contributed by atoms with E-state index in [-0.39, 0.29) is 22.4 Å². The van der Waals surface area contributed by atoms with Crippen LogP contribution < -0.4 is 4.90 Å². The summed E-state index contributed by atoms with van der Waals surface area (Å²) in [5.41, 5.74) is 0.289. The maximum Gasteiger partial charge on any atom is 0.338 e. The van der Waals surface area contributed by atoms with Gasteiger partial charge in [-0.25, -0.2) is 4.79 Å². The van der Waals surface area contributed by atoms with Crippen LogP contribution >= 0.6 is 11.6 Å². The number of hydrogen-bond donors (Lipinski definition) is 0. The van der Waals surface area contributed by atoms with E-state index in [1.165, 1.54) is 12.1 Å². The van der Waals surface area contributed by atoms with Gasteiger partial charge in [-0.1, -0.05) is 11.6 Å². The first-order valence-corrected chi connectivity index (χ1v) is 7.79. The van der Waals surface area contributed by atoms with Crippen LogP contribution in [-0.2, 0) is 4.74 Å². The Kier molecular flexibility index (Phi) is 5.43. The van der Waals surface area contributed by atoms with Gasteiger partial charge in [0.2, 0.25) is 0 Å². The number of rotatable bonds is 4. The molecule has 0 amide bonds. The van der Waals surface area contributed by atoms with Crippen molar-refractivity contribution in [2.45, 2.75) is 20.0 Å². The molecule has 2 rings (SSSR count). The predicted octanol–water partition coefficient (Wildman–Crippen LogP) is 2.57. The number of carbonyl (C=O) groups is 1. The van der Waals surface area contributed by atoms with Crippen LogP contribution in [0.3, 0.4) is 0 Å². The summed E-state index contributed by atoms with van der Waals surface area (Å²) in [5, 5.41) is 11.6. The molecule has 1 heterocycles. The first kappa shape index (κ1) is 17.5. The van der Waals surface area contributed by atoms with Crippen LogP contribution in [0.25, 0.3) is 0 Å². The van der Waals surface area contributed by atoms with Gasteiger partial charge in [0.1, 0.15) is 5.69 Å². The largest absolute Gasteiger partial charge is 0.459 e. The fraction of sp³-hybridized carbons (Fsp3) is 0.533. The molecular weight excluding hydrogens is 322 g/mol. The van der Waals surface area contributed by atoms with E-state index in [9.17, 15) is 14.9 Å². The highest BCUT2D eigenvalue weighted by molar-refractivity contribution is 6.34. The fourth-order valence-electron chi connectivity index (χ4n) is 2.47. The van der Waals surface area contributed by atoms with Crippen molar-refractivity contribution < 1.29 is 14.5 Å². The van der Waals surface area contributed by atoms with E-state index in [0.29, 0.717) is 18.8 Å². The maximum absolute atomic E-state index is 12.0. The van der Waals surface area contributed by atoms with Crippen molar-refractivity contribution in [3.05, 3.63) is 32.8 Å². The topological polar surface area (TPSA) is 75.9 Å². The van der Waals surface area contributed by atoms with Gasteiger partial charge in [0, 0.05) is 32.2 Å². The third-order valence-electron chi connectivity index (χ3n) is 3.64. The molecule has 23 heavy (non-hydrogen) atoms. The van der Waals surface area contributed by atoms with Crippen LogP contribution in [0.2, 0.25) is 5.02 Å². The second-order valence-corrected chi connectivity index (χ2v) is 6.23. The third kappa shape index (κ3) is 4.11. The van der Waals surface area contributed by atoms with Gasteiger partial charge in [-0.15, -0.1) is 0 Å². The molecule has 1 saturated heterocycles. The molecule has 8 heteroatoms. The summed E-state index contributed by atoms with van der Waals surface area (Å²) in [4.78, 5) is 26.9. The fourth-order valence-corrected chi connectivity index (χ4v) is 2.80. The number of nitro benzene ring substituents is 1. The lowest BCUT2D eigenvalue weighted by molar-refractivity contribution is -0.384. The number of halogens is 1. The molecule has 0 aromatic heterocycles. The van der Waals surface area contributed by atoms with Gasteiger partial charge in [0.05, 0.1) is 21.6 Å². The molecule has 0 radical (unpaired) electrons. The number of ether oxygens (including phenoxy) is 1. The van der Waals surface area contributed by atoms with Crippen molar-refractivity contribution in [1.82, 2.24) is 4.90 Å². The van der Waals surface area contributed by atoms with Crippen molar-refractivity contribution in [3.63, 3.8) is 0 Å². The average Bonchev–Trinajstić information content (AvgIpc) is 2.46. The number of anilines is 1. The number of benzene rings is 1. The lowest BCUT2D eigenvalue weighted by Crippen LogP contribution is -2.44. The summed E-state index contributed by atoms with van der Waals surface area (Å²) in [6, 6.07) is 2.68. The van der Waals surface area contributed by atoms with Gasteiger partial charge in [-0.05, 0) is 27.0 Å². The van der Waals surface area contributed by atoms with E-state index in [1.807, 2.05) is 11.9 Å². The third-order valence-corrected chi connectivity index (χ3v) is 3.93. The minimum atomic E-state index is -0.616. The van der Waals surface area contributed by atoms with Crippen molar-refractivity contribution in [2.24, 2.45) is 0 Å². The van der Waals surface area contributed by atoms with Crippen LogP contribution in [0.1, 0.15) is 24.2 Å². The summed E-state index contributed by atoms with van der Waals surface area (Å²) in [7, 11) is 2.00. The van der Waals surface area contributed by atoms with Crippen molar-refractivity contribution >= 4 is 28.9 Å². The highest BCUT2D eigenvalue weighted by atomic mass is 35.5. The first-order chi connectivity index (χ1) is 10.8. The summed E-state index contributed by atoms with van der Waals surface area (Å²) in [6.07, 6.45) is -0.308. The Hall–Kier alpha value is -1.86. The molecule has 1 aliphatic rings. The van der Waals surface area contributed by atoms with Crippen LogP contribution in [-0.4, -0.2) is 55.1 Å². The van der Waals surface area contributed by atoms with Crippen LogP contribution in [0.4, 0.5) is 11.4 Å². The molecule has 0 aliphatic carbocycles. The van der Waals surface area contributed by atoms with Gasteiger partial charge >= 0.3 is 5.97 Å². The molecule has 0 atom stereocenters. The average molecular weight is 342 g/mol. The predicted molar refractivity (Wildman–Crippen MR) is 88.4 cm³/mol. The Morgan fingerprint density at radius 2 is 1.91 bits per heavy atom. The molecule has 0 saturated carbocycles. The standard InChI is InChI=1S/C15H20ClN3O4/c1-10(2)23-15(20)11-8-12(16)14(13(9-11)19(21)22)18-6-4-17(3)5-7-18/h8-10H,4-7H2,1-3H3. The number of piperazine rings is 1. The minimum absolute atomic E-state index is 0.0910. The van der Waals surface area contributed by atoms with Gasteiger partial charge in [-0.2, -0.15) is 0 Å². The second-order valence-electron chi connectivity index (χ2n) is 5.83. The highest BCUT2D eigenvalue weighted by Crippen LogP contribution is 2.37. The van der Waals surface area contributed by atoms with Gasteiger partial charge in [0.15, 0.2) is 0 Å². The zero-order chi connectivity index (χ0) is 17.1. The Morgan fingerprint density at radius 3 is 2.43 bits per heavy atom. The zero-order valence-corrected chi connectivity index (χ0v) is 14.2. The lowest BCUT2D eigenvalue weighted by atomic mass is 10.1. The normalized spacial score (nSPS) is 15.8. The molecule has 126 valence electrons. The molecule has 1 aliphatic heterocycles. The lowest BCUT2D eigenvalue weighted by Gasteiger charge is -2.34. The molecule has 0 unspecified atom stereocenters. The Balaban J connectivity index is 2.39. The van der Waals surface area contributed by atoms with E-state index < -0.39 is 10.9 Å². The summed E-state index contributed by atoms with van der Waals surface area (Å²) in [6.45, 7) is 6.31. The Bertz CT molecular complexity index is 613. The maximum atomic E-state index is 12.0. The van der Waals surface area contributed by atoms with E-state index in [2.05, 4.69) is 4.90 Å². The number of carbonyl (C=O) groups excluding carboxylic acids is 1. The van der Waals surface area contributed by atoms with Gasteiger partial charge < -0.3 is 14.5 Å². The number of likely N-dealkylation sites (N-methyl/N-ethyl adjacent to an activating group) is 1. The summed E-state index contributed by atoms with van der Waals surface area (Å²) in [5.74, 6) is -0.616. The molecule has 1 aromatic carbocycles. The SMILES string of the molecule is CC(C)OC(=O)c1cc(Cl)c(N2CCN(C)CC2)c([N+](=O)[O-])c1. The number of hydrogen-bond acceptors (Lipinski definition) is 6. The smallest absolute Gasteiger partial charge is 0.338 e. The monoisotopic (exact) mass is 341 g/mol. The van der Waals surface area contributed by atoms with Crippen LogP contribution in [0.5, 0.6) is 0 Å². The number of esters is 1. The van der Waals surface area contributed by atoms with E-state index >= 15 is 0 Å². The molecule has 7 nitrogen and oxygen atoms in total. The van der Waals surface area contributed by atoms with Gasteiger partial charge in [-0.3, -0.25) is 10.1 Å². The van der Waals surface area contributed by atoms with Crippen molar-refractivity contribution in [2.75, 3.05) is 38.1 Å². The summed E-state index contributed by atoms with van der Waals surface area (Å²) < 4.78 is 5.08. The molecule has 1 aromatic rings. The van der Waals surface area contributed by atoms with Crippen molar-refractivity contribution in [1.29, 1.82) is 0 Å². The molecule has 0 N–H and O–H groups in total. The first-order valence-electron chi connectivity index (χ1n) is 7.42. The highest BCUT2D eigenvalue weighted by Gasteiger charge is 2.28. The second kappa shape index (κ2) is 7.14. The zero-order valence-electron chi connectivity index (χ0n) is 13.4. The van der Waals surface area contributed by atoms with E-state index in [0.717, 1.165) is 13.1 Å². The van der Waals surface area contributed by atoms with E-state index in [1.54, 1.807) is 13.8 Å². The van der Waals surface area contributed by atoms with Gasteiger partial charge in [0.25, 0.3) is 5.69 Å². The molecule has 1 fully saturated rings.